The molecule has 1 unspecified atom stereocenters. The van der Waals surface area contributed by atoms with Crippen molar-refractivity contribution in [2.24, 2.45) is 5.73 Å². The molecule has 2 rings (SSSR count). The monoisotopic (exact) mass is 332 g/mol. The van der Waals surface area contributed by atoms with E-state index in [-0.39, 0.29) is 11.9 Å². The van der Waals surface area contributed by atoms with Crippen molar-refractivity contribution in [1.82, 2.24) is 5.32 Å². The smallest absolute Gasteiger partial charge is 0.252 e. The van der Waals surface area contributed by atoms with Crippen molar-refractivity contribution >= 4 is 21.8 Å². The van der Waals surface area contributed by atoms with Crippen molar-refractivity contribution in [2.75, 3.05) is 6.54 Å². The summed E-state index contributed by atoms with van der Waals surface area (Å²) in [4.78, 5) is 12.1. The summed E-state index contributed by atoms with van der Waals surface area (Å²) in [5.74, 6) is -0.122. The SMILES string of the molecule is Cc1ccc(C(=O)NCC(N)c2ccccc2)c(Br)c1. The van der Waals surface area contributed by atoms with Gasteiger partial charge in [0, 0.05) is 17.1 Å². The summed E-state index contributed by atoms with van der Waals surface area (Å²) in [6.07, 6.45) is 0. The summed E-state index contributed by atoms with van der Waals surface area (Å²) in [6, 6.07) is 15.2. The highest BCUT2D eigenvalue weighted by Gasteiger charge is 2.12. The summed E-state index contributed by atoms with van der Waals surface area (Å²) >= 11 is 3.41. The zero-order valence-corrected chi connectivity index (χ0v) is 12.9. The minimum atomic E-state index is -0.204. The van der Waals surface area contributed by atoms with Gasteiger partial charge in [0.1, 0.15) is 0 Å². The lowest BCUT2D eigenvalue weighted by Crippen LogP contribution is -2.32. The first-order valence-electron chi connectivity index (χ1n) is 6.43. The van der Waals surface area contributed by atoms with Crippen LogP contribution >= 0.6 is 15.9 Å². The van der Waals surface area contributed by atoms with Gasteiger partial charge in [-0.15, -0.1) is 0 Å². The molecule has 0 radical (unpaired) electrons. The average molecular weight is 333 g/mol. The number of aryl methyl sites for hydroxylation is 1. The fourth-order valence-electron chi connectivity index (χ4n) is 1.92. The van der Waals surface area contributed by atoms with Gasteiger partial charge in [0.2, 0.25) is 0 Å². The largest absolute Gasteiger partial charge is 0.350 e. The van der Waals surface area contributed by atoms with Gasteiger partial charge in [-0.05, 0) is 46.1 Å². The Bertz CT molecular complexity index is 599. The Kier molecular flexibility index (Phi) is 4.93. The third kappa shape index (κ3) is 3.68. The maximum Gasteiger partial charge on any atom is 0.252 e. The van der Waals surface area contributed by atoms with Crippen molar-refractivity contribution in [3.05, 3.63) is 69.7 Å². The van der Waals surface area contributed by atoms with Crippen LogP contribution < -0.4 is 11.1 Å². The van der Waals surface area contributed by atoms with Gasteiger partial charge in [-0.2, -0.15) is 0 Å². The predicted octanol–water partition coefficient (Wildman–Crippen LogP) is 3.19. The predicted molar refractivity (Wildman–Crippen MR) is 84.6 cm³/mol. The van der Waals surface area contributed by atoms with E-state index in [1.54, 1.807) is 0 Å². The first-order chi connectivity index (χ1) is 9.58. The molecule has 0 aliphatic heterocycles. The van der Waals surface area contributed by atoms with E-state index in [0.717, 1.165) is 15.6 Å². The molecule has 20 heavy (non-hydrogen) atoms. The van der Waals surface area contributed by atoms with Gasteiger partial charge >= 0.3 is 0 Å². The number of carbonyl (C=O) groups excluding carboxylic acids is 1. The molecule has 4 heteroatoms. The number of benzene rings is 2. The van der Waals surface area contributed by atoms with Crippen LogP contribution in [0.2, 0.25) is 0 Å². The highest BCUT2D eigenvalue weighted by atomic mass is 79.9. The lowest BCUT2D eigenvalue weighted by molar-refractivity contribution is 0.0950. The molecule has 0 bridgehead atoms. The lowest BCUT2D eigenvalue weighted by Gasteiger charge is -2.13. The van der Waals surface area contributed by atoms with Crippen LogP contribution in [0.25, 0.3) is 0 Å². The summed E-state index contributed by atoms with van der Waals surface area (Å²) in [5.41, 5.74) is 8.79. The van der Waals surface area contributed by atoms with Crippen LogP contribution in [-0.2, 0) is 0 Å². The van der Waals surface area contributed by atoms with Crippen LogP contribution in [-0.4, -0.2) is 12.5 Å². The highest BCUT2D eigenvalue weighted by Crippen LogP contribution is 2.18. The number of hydrogen-bond donors (Lipinski definition) is 2. The molecular weight excluding hydrogens is 316 g/mol. The van der Waals surface area contributed by atoms with Crippen LogP contribution in [0.5, 0.6) is 0 Å². The molecule has 1 amide bonds. The number of hydrogen-bond acceptors (Lipinski definition) is 2. The van der Waals surface area contributed by atoms with E-state index in [0.29, 0.717) is 12.1 Å². The average Bonchev–Trinajstić information content (AvgIpc) is 2.45. The van der Waals surface area contributed by atoms with Gasteiger partial charge in [0.15, 0.2) is 0 Å². The summed E-state index contributed by atoms with van der Waals surface area (Å²) < 4.78 is 0.795. The van der Waals surface area contributed by atoms with Gasteiger partial charge in [-0.25, -0.2) is 0 Å². The van der Waals surface area contributed by atoms with Gasteiger partial charge in [-0.1, -0.05) is 36.4 Å². The molecule has 2 aromatic rings. The Morgan fingerprint density at radius 2 is 1.95 bits per heavy atom. The Morgan fingerprint density at radius 3 is 2.60 bits per heavy atom. The Labute approximate surface area is 127 Å². The fourth-order valence-corrected chi connectivity index (χ4v) is 2.59. The van der Waals surface area contributed by atoms with E-state index < -0.39 is 0 Å². The van der Waals surface area contributed by atoms with Crippen LogP contribution in [0, 0.1) is 6.92 Å². The number of rotatable bonds is 4. The second kappa shape index (κ2) is 6.68. The Morgan fingerprint density at radius 1 is 1.25 bits per heavy atom. The van der Waals surface area contributed by atoms with Crippen LogP contribution in [0.1, 0.15) is 27.5 Å². The maximum atomic E-state index is 12.1. The molecular formula is C16H17BrN2O. The van der Waals surface area contributed by atoms with Gasteiger partial charge in [-0.3, -0.25) is 4.79 Å². The molecule has 2 aromatic carbocycles. The van der Waals surface area contributed by atoms with Gasteiger partial charge < -0.3 is 11.1 Å². The normalized spacial score (nSPS) is 11.9. The van der Waals surface area contributed by atoms with E-state index in [2.05, 4.69) is 21.2 Å². The number of amides is 1. The Hall–Kier alpha value is -1.65. The van der Waals surface area contributed by atoms with Crippen LogP contribution in [0.15, 0.2) is 53.0 Å². The molecule has 0 saturated carbocycles. The minimum absolute atomic E-state index is 0.122. The summed E-state index contributed by atoms with van der Waals surface area (Å²) in [6.45, 7) is 2.39. The van der Waals surface area contributed by atoms with Gasteiger partial charge in [0.05, 0.1) is 5.56 Å². The first kappa shape index (κ1) is 14.8. The van der Waals surface area contributed by atoms with Crippen LogP contribution in [0.4, 0.5) is 0 Å². The second-order valence-corrected chi connectivity index (χ2v) is 5.56. The van der Waals surface area contributed by atoms with E-state index in [1.165, 1.54) is 0 Å². The molecule has 0 spiro atoms. The molecule has 0 aliphatic carbocycles. The number of nitrogens with one attached hydrogen (secondary N) is 1. The first-order valence-corrected chi connectivity index (χ1v) is 7.22. The van der Waals surface area contributed by atoms with Crippen LogP contribution in [0.3, 0.4) is 0 Å². The molecule has 1 atom stereocenters. The van der Waals surface area contributed by atoms with Crippen molar-refractivity contribution < 1.29 is 4.79 Å². The molecule has 3 nitrogen and oxygen atoms in total. The molecule has 0 saturated heterocycles. The number of carbonyl (C=O) groups is 1. The summed E-state index contributed by atoms with van der Waals surface area (Å²) in [7, 11) is 0. The lowest BCUT2D eigenvalue weighted by atomic mass is 10.1. The molecule has 0 heterocycles. The molecule has 0 fully saturated rings. The van der Waals surface area contributed by atoms with E-state index in [1.807, 2.05) is 55.5 Å². The van der Waals surface area contributed by atoms with Crippen molar-refractivity contribution in [3.8, 4) is 0 Å². The molecule has 3 N–H and O–H groups in total. The Balaban J connectivity index is 1.99. The van der Waals surface area contributed by atoms with E-state index in [4.69, 9.17) is 5.73 Å². The third-order valence-electron chi connectivity index (χ3n) is 3.08. The quantitative estimate of drug-likeness (QED) is 0.903. The number of nitrogens with two attached hydrogens (primary N) is 1. The molecule has 104 valence electrons. The van der Waals surface area contributed by atoms with E-state index >= 15 is 0 Å². The maximum absolute atomic E-state index is 12.1. The topological polar surface area (TPSA) is 55.1 Å². The van der Waals surface area contributed by atoms with E-state index in [9.17, 15) is 4.79 Å². The fraction of sp³-hybridized carbons (Fsp3) is 0.188. The minimum Gasteiger partial charge on any atom is -0.350 e. The standard InChI is InChI=1S/C16H17BrN2O/c1-11-7-8-13(14(17)9-11)16(20)19-10-15(18)12-5-3-2-4-6-12/h2-9,15H,10,18H2,1H3,(H,19,20). The zero-order chi connectivity index (χ0) is 14.5. The third-order valence-corrected chi connectivity index (χ3v) is 3.74. The number of halogens is 1. The van der Waals surface area contributed by atoms with Crippen molar-refractivity contribution in [2.45, 2.75) is 13.0 Å². The van der Waals surface area contributed by atoms with Crippen molar-refractivity contribution in [3.63, 3.8) is 0 Å². The molecule has 0 aliphatic rings. The summed E-state index contributed by atoms with van der Waals surface area (Å²) in [5, 5.41) is 2.86. The van der Waals surface area contributed by atoms with Crippen molar-refractivity contribution in [1.29, 1.82) is 0 Å². The highest BCUT2D eigenvalue weighted by molar-refractivity contribution is 9.10. The molecule has 0 aromatic heterocycles. The van der Waals surface area contributed by atoms with Gasteiger partial charge in [0.25, 0.3) is 5.91 Å². The zero-order valence-electron chi connectivity index (χ0n) is 11.3. The second-order valence-electron chi connectivity index (χ2n) is 4.71.